The van der Waals surface area contributed by atoms with Crippen molar-refractivity contribution in [3.8, 4) is 0 Å². The van der Waals surface area contributed by atoms with E-state index in [1.54, 1.807) is 0 Å². The third-order valence-electron chi connectivity index (χ3n) is 2.96. The minimum absolute atomic E-state index is 0.141. The molecule has 88 valence electrons. The van der Waals surface area contributed by atoms with Gasteiger partial charge in [0.1, 0.15) is 0 Å². The second-order valence-corrected chi connectivity index (χ2v) is 4.00. The van der Waals surface area contributed by atoms with Gasteiger partial charge < -0.3 is 10.1 Å². The van der Waals surface area contributed by atoms with Crippen LogP contribution in [0.2, 0.25) is 0 Å². The van der Waals surface area contributed by atoms with Crippen molar-refractivity contribution in [3.05, 3.63) is 35.1 Å². The number of hydrogen-bond acceptors (Lipinski definition) is 2. The summed E-state index contributed by atoms with van der Waals surface area (Å²) < 4.78 is 44.4. The highest BCUT2D eigenvalue weighted by atomic mass is 19.2. The number of halogens is 3. The highest BCUT2D eigenvalue weighted by molar-refractivity contribution is 5.23. The van der Waals surface area contributed by atoms with E-state index >= 15 is 0 Å². The number of methoxy groups -OCH3 is 1. The van der Waals surface area contributed by atoms with E-state index in [0.717, 1.165) is 6.07 Å². The average molecular weight is 231 g/mol. The first-order valence-corrected chi connectivity index (χ1v) is 4.96. The Morgan fingerprint density at radius 1 is 1.25 bits per heavy atom. The van der Waals surface area contributed by atoms with Crippen LogP contribution in [0.25, 0.3) is 0 Å². The Labute approximate surface area is 91.4 Å². The van der Waals surface area contributed by atoms with Crippen molar-refractivity contribution in [3.63, 3.8) is 0 Å². The van der Waals surface area contributed by atoms with Crippen LogP contribution < -0.4 is 5.32 Å². The molecule has 0 atom stereocenters. The molecule has 1 aromatic rings. The molecule has 1 saturated heterocycles. The van der Waals surface area contributed by atoms with Crippen LogP contribution in [-0.4, -0.2) is 25.8 Å². The molecule has 1 heterocycles. The zero-order chi connectivity index (χ0) is 11.8. The SMILES string of the molecule is COC1(Cc2ccc(F)c(F)c2F)CNC1. The molecule has 1 aliphatic rings. The van der Waals surface area contributed by atoms with Crippen molar-refractivity contribution in [1.29, 1.82) is 0 Å². The molecule has 0 radical (unpaired) electrons. The fraction of sp³-hybridized carbons (Fsp3) is 0.455. The van der Waals surface area contributed by atoms with Gasteiger partial charge in [0, 0.05) is 26.6 Å². The normalized spacial score (nSPS) is 18.2. The molecule has 5 heteroatoms. The molecule has 0 unspecified atom stereocenters. The molecule has 0 aromatic heterocycles. The summed E-state index contributed by atoms with van der Waals surface area (Å²) in [6.07, 6.45) is 0.236. The topological polar surface area (TPSA) is 21.3 Å². The zero-order valence-corrected chi connectivity index (χ0v) is 8.82. The minimum atomic E-state index is -1.42. The largest absolute Gasteiger partial charge is 0.375 e. The Balaban J connectivity index is 2.25. The van der Waals surface area contributed by atoms with Crippen LogP contribution in [-0.2, 0) is 11.2 Å². The molecular formula is C11H12F3NO. The Kier molecular flexibility index (Phi) is 2.90. The molecule has 2 rings (SSSR count). The molecule has 0 aliphatic carbocycles. The maximum absolute atomic E-state index is 13.4. The summed E-state index contributed by atoms with van der Waals surface area (Å²) in [5.41, 5.74) is -0.354. The van der Waals surface area contributed by atoms with Crippen molar-refractivity contribution in [2.75, 3.05) is 20.2 Å². The highest BCUT2D eigenvalue weighted by Gasteiger charge is 2.38. The first-order chi connectivity index (χ1) is 7.58. The van der Waals surface area contributed by atoms with Crippen LogP contribution in [0.3, 0.4) is 0 Å². The van der Waals surface area contributed by atoms with E-state index in [-0.39, 0.29) is 12.0 Å². The van der Waals surface area contributed by atoms with Crippen molar-refractivity contribution in [2.24, 2.45) is 0 Å². The van der Waals surface area contributed by atoms with Crippen LogP contribution in [0.5, 0.6) is 0 Å². The first-order valence-electron chi connectivity index (χ1n) is 4.96. The lowest BCUT2D eigenvalue weighted by Crippen LogP contribution is -2.62. The third kappa shape index (κ3) is 1.81. The predicted molar refractivity (Wildman–Crippen MR) is 52.6 cm³/mol. The number of nitrogens with one attached hydrogen (secondary N) is 1. The summed E-state index contributed by atoms with van der Waals surface area (Å²) >= 11 is 0. The summed E-state index contributed by atoms with van der Waals surface area (Å²) in [7, 11) is 1.53. The fourth-order valence-electron chi connectivity index (χ4n) is 1.79. The van der Waals surface area contributed by atoms with E-state index in [0.29, 0.717) is 13.1 Å². The van der Waals surface area contributed by atoms with Gasteiger partial charge in [0.2, 0.25) is 0 Å². The van der Waals surface area contributed by atoms with Crippen molar-refractivity contribution in [2.45, 2.75) is 12.0 Å². The molecule has 16 heavy (non-hydrogen) atoms. The zero-order valence-electron chi connectivity index (χ0n) is 8.82. The van der Waals surface area contributed by atoms with Gasteiger partial charge in [-0.05, 0) is 11.6 Å². The van der Waals surface area contributed by atoms with Crippen molar-refractivity contribution < 1.29 is 17.9 Å². The lowest BCUT2D eigenvalue weighted by Gasteiger charge is -2.41. The van der Waals surface area contributed by atoms with Crippen molar-refractivity contribution >= 4 is 0 Å². The molecule has 0 spiro atoms. The quantitative estimate of drug-likeness (QED) is 0.798. The summed E-state index contributed by atoms with van der Waals surface area (Å²) in [5.74, 6) is -3.71. The Bertz CT molecular complexity index is 399. The fourth-order valence-corrected chi connectivity index (χ4v) is 1.79. The minimum Gasteiger partial charge on any atom is -0.375 e. The number of rotatable bonds is 3. The van der Waals surface area contributed by atoms with Gasteiger partial charge in [0.05, 0.1) is 5.60 Å². The summed E-state index contributed by atoms with van der Waals surface area (Å²) in [6.45, 7) is 1.17. The van der Waals surface area contributed by atoms with E-state index in [2.05, 4.69) is 5.32 Å². The van der Waals surface area contributed by atoms with Crippen LogP contribution in [0.1, 0.15) is 5.56 Å². The third-order valence-corrected chi connectivity index (χ3v) is 2.96. The second kappa shape index (κ2) is 4.07. The molecule has 1 N–H and O–H groups in total. The molecule has 1 aliphatic heterocycles. The van der Waals surface area contributed by atoms with E-state index in [1.807, 2.05) is 0 Å². The maximum Gasteiger partial charge on any atom is 0.194 e. The van der Waals surface area contributed by atoms with E-state index in [4.69, 9.17) is 4.74 Å². The summed E-state index contributed by atoms with van der Waals surface area (Å²) in [6, 6.07) is 2.19. The molecule has 0 saturated carbocycles. The van der Waals surface area contributed by atoms with Gasteiger partial charge in [-0.15, -0.1) is 0 Å². The molecule has 0 bridgehead atoms. The van der Waals surface area contributed by atoms with E-state index in [9.17, 15) is 13.2 Å². The van der Waals surface area contributed by atoms with Crippen LogP contribution in [0.15, 0.2) is 12.1 Å². The van der Waals surface area contributed by atoms with Gasteiger partial charge in [-0.1, -0.05) is 6.07 Å². The average Bonchev–Trinajstić information content (AvgIpc) is 2.23. The molecule has 1 fully saturated rings. The molecular weight excluding hydrogens is 219 g/mol. The molecule has 0 amide bonds. The van der Waals surface area contributed by atoms with Gasteiger partial charge in [-0.2, -0.15) is 0 Å². The predicted octanol–water partition coefficient (Wildman–Crippen LogP) is 1.63. The Hall–Kier alpha value is -1.07. The number of hydrogen-bond donors (Lipinski definition) is 1. The summed E-state index contributed by atoms with van der Waals surface area (Å²) in [4.78, 5) is 0. The van der Waals surface area contributed by atoms with Gasteiger partial charge in [-0.3, -0.25) is 0 Å². The standard InChI is InChI=1S/C11H12F3NO/c1-16-11(5-15-6-11)4-7-2-3-8(12)10(14)9(7)13/h2-3,15H,4-6H2,1H3. The van der Waals surface area contributed by atoms with E-state index in [1.165, 1.54) is 13.2 Å². The smallest absolute Gasteiger partial charge is 0.194 e. The number of ether oxygens (including phenoxy) is 1. The monoisotopic (exact) mass is 231 g/mol. The Morgan fingerprint density at radius 3 is 2.44 bits per heavy atom. The summed E-state index contributed by atoms with van der Waals surface area (Å²) in [5, 5.41) is 3.00. The van der Waals surface area contributed by atoms with Crippen LogP contribution >= 0.6 is 0 Å². The van der Waals surface area contributed by atoms with E-state index < -0.39 is 23.1 Å². The van der Waals surface area contributed by atoms with Gasteiger partial charge >= 0.3 is 0 Å². The number of benzene rings is 1. The first kappa shape index (κ1) is 11.4. The maximum atomic E-state index is 13.4. The lowest BCUT2D eigenvalue weighted by molar-refractivity contribution is -0.0508. The van der Waals surface area contributed by atoms with Crippen molar-refractivity contribution in [1.82, 2.24) is 5.32 Å². The van der Waals surface area contributed by atoms with Crippen LogP contribution in [0.4, 0.5) is 13.2 Å². The Morgan fingerprint density at radius 2 is 1.94 bits per heavy atom. The van der Waals surface area contributed by atoms with Gasteiger partial charge in [0.15, 0.2) is 17.5 Å². The highest BCUT2D eigenvalue weighted by Crippen LogP contribution is 2.25. The lowest BCUT2D eigenvalue weighted by atomic mass is 9.88. The molecule has 2 nitrogen and oxygen atoms in total. The second-order valence-electron chi connectivity index (χ2n) is 4.00. The van der Waals surface area contributed by atoms with Crippen LogP contribution in [0, 0.1) is 17.5 Å². The van der Waals surface area contributed by atoms with Gasteiger partial charge in [-0.25, -0.2) is 13.2 Å². The molecule has 1 aromatic carbocycles. The van der Waals surface area contributed by atoms with Gasteiger partial charge in [0.25, 0.3) is 0 Å².